The van der Waals surface area contributed by atoms with E-state index in [1.54, 1.807) is 47.6 Å². The number of pyridine rings is 1. The van der Waals surface area contributed by atoms with Gasteiger partial charge in [0.05, 0.1) is 29.9 Å². The number of benzene rings is 3. The third kappa shape index (κ3) is 7.02. The number of hydrogen-bond acceptors (Lipinski definition) is 7. The first-order valence-corrected chi connectivity index (χ1v) is 14.3. The number of aliphatic hydroxyl groups excluding tert-OH is 1. The molecule has 0 unspecified atom stereocenters. The molecule has 0 fully saturated rings. The fourth-order valence-corrected chi connectivity index (χ4v) is 5.23. The molecule has 9 nitrogen and oxygen atoms in total. The number of aromatic nitrogens is 1. The highest BCUT2D eigenvalue weighted by atomic mass is 16.5. The smallest absolute Gasteiger partial charge is 0.258 e. The van der Waals surface area contributed by atoms with Crippen molar-refractivity contribution in [1.82, 2.24) is 14.8 Å². The van der Waals surface area contributed by atoms with E-state index < -0.39 is 12.1 Å². The van der Waals surface area contributed by atoms with Crippen molar-refractivity contribution in [3.05, 3.63) is 114 Å². The van der Waals surface area contributed by atoms with E-state index >= 15 is 0 Å². The average molecular weight is 581 g/mol. The Balaban J connectivity index is 1.36. The number of nitrogens with one attached hydrogen (secondary N) is 1. The van der Waals surface area contributed by atoms with Crippen LogP contribution in [0, 0.1) is 0 Å². The minimum atomic E-state index is -0.455. The normalized spacial score (nSPS) is 17.0. The third-order valence-electron chi connectivity index (χ3n) is 7.50. The van der Waals surface area contributed by atoms with Crippen LogP contribution in [0.15, 0.2) is 97.3 Å². The summed E-state index contributed by atoms with van der Waals surface area (Å²) in [4.78, 5) is 34.6. The van der Waals surface area contributed by atoms with E-state index in [9.17, 15) is 14.7 Å². The fraction of sp³-hybridized carbons (Fsp3) is 0.265. The van der Waals surface area contributed by atoms with Crippen LogP contribution in [0.25, 0.3) is 0 Å². The van der Waals surface area contributed by atoms with Crippen molar-refractivity contribution in [3.63, 3.8) is 0 Å². The lowest BCUT2D eigenvalue weighted by Crippen LogP contribution is -2.53. The molecule has 222 valence electrons. The van der Waals surface area contributed by atoms with Gasteiger partial charge in [-0.15, -0.1) is 0 Å². The summed E-state index contributed by atoms with van der Waals surface area (Å²) in [6.07, 6.45) is 2.64. The van der Waals surface area contributed by atoms with Gasteiger partial charge in [0.2, 0.25) is 0 Å². The van der Waals surface area contributed by atoms with Crippen molar-refractivity contribution in [2.45, 2.75) is 38.6 Å². The molecular formula is C34H36N4O5. The zero-order valence-electron chi connectivity index (χ0n) is 24.5. The number of carbonyl (C=O) groups is 2. The number of rotatable bonds is 10. The Morgan fingerprint density at radius 3 is 2.42 bits per heavy atom. The Bertz CT molecular complexity index is 1530. The molecule has 2 amide bonds. The highest BCUT2D eigenvalue weighted by Crippen LogP contribution is 2.36. The SMILES string of the molecule is C[C@H](CO)N1C(=O)c2cccc(NC(=O)c3ccncc3)c2O[C@@H](CN(C)Cc2ccc(Oc3ccccc3)cc2)[C@@H]1C. The molecule has 9 heteroatoms. The van der Waals surface area contributed by atoms with Crippen LogP contribution in [0.5, 0.6) is 17.2 Å². The van der Waals surface area contributed by atoms with E-state index in [4.69, 9.17) is 9.47 Å². The lowest BCUT2D eigenvalue weighted by molar-refractivity contribution is 0.0250. The number of para-hydroxylation sites is 2. The van der Waals surface area contributed by atoms with Crippen molar-refractivity contribution in [2.75, 3.05) is 25.5 Å². The first-order chi connectivity index (χ1) is 20.8. The standard InChI is InChI=1S/C34H36N4O5/c1-23(22-39)38-24(2)31(21-37(3)20-25-12-14-28(15-13-25)42-27-8-5-4-6-9-27)43-32-29(34(38)41)10-7-11-30(32)36-33(40)26-16-18-35-19-17-26/h4-19,23-24,31,39H,20-22H2,1-3H3,(H,36,40)/t23-,24+,31+/m1/s1. The molecule has 0 spiro atoms. The molecule has 0 aliphatic carbocycles. The summed E-state index contributed by atoms with van der Waals surface area (Å²) in [6, 6.07) is 25.1. The van der Waals surface area contributed by atoms with Gasteiger partial charge in [0.15, 0.2) is 5.75 Å². The molecule has 5 rings (SSSR count). The average Bonchev–Trinajstić information content (AvgIpc) is 3.12. The van der Waals surface area contributed by atoms with E-state index in [1.165, 1.54) is 0 Å². The van der Waals surface area contributed by atoms with Crippen LogP contribution in [-0.4, -0.2) is 70.1 Å². The van der Waals surface area contributed by atoms with Gasteiger partial charge in [-0.25, -0.2) is 0 Å². The largest absolute Gasteiger partial charge is 0.484 e. The number of nitrogens with zero attached hydrogens (tertiary/aromatic N) is 3. The Hall–Kier alpha value is -4.73. The van der Waals surface area contributed by atoms with Gasteiger partial charge in [0, 0.05) is 31.0 Å². The molecule has 3 atom stereocenters. The highest BCUT2D eigenvalue weighted by Gasteiger charge is 2.39. The van der Waals surface area contributed by atoms with Gasteiger partial charge in [-0.3, -0.25) is 19.5 Å². The molecular weight excluding hydrogens is 544 g/mol. The number of anilines is 1. The maximum atomic E-state index is 13.8. The lowest BCUT2D eigenvalue weighted by atomic mass is 10.1. The lowest BCUT2D eigenvalue weighted by Gasteiger charge is -2.36. The van der Waals surface area contributed by atoms with E-state index in [0.29, 0.717) is 35.7 Å². The Labute approximate surface area is 251 Å². The summed E-state index contributed by atoms with van der Waals surface area (Å²) in [5.41, 5.74) is 2.26. The van der Waals surface area contributed by atoms with E-state index in [2.05, 4.69) is 15.2 Å². The molecule has 43 heavy (non-hydrogen) atoms. The molecule has 0 bridgehead atoms. The molecule has 2 heterocycles. The number of hydrogen-bond donors (Lipinski definition) is 2. The monoisotopic (exact) mass is 580 g/mol. The van der Waals surface area contributed by atoms with E-state index in [-0.39, 0.29) is 24.5 Å². The molecule has 1 aliphatic heterocycles. The van der Waals surface area contributed by atoms with Gasteiger partial charge in [-0.2, -0.15) is 0 Å². The second-order valence-corrected chi connectivity index (χ2v) is 10.8. The first kappa shape index (κ1) is 29.8. The predicted molar refractivity (Wildman–Crippen MR) is 165 cm³/mol. The molecule has 2 N–H and O–H groups in total. The van der Waals surface area contributed by atoms with Crippen molar-refractivity contribution in [1.29, 1.82) is 0 Å². The summed E-state index contributed by atoms with van der Waals surface area (Å²) in [5, 5.41) is 12.9. The topological polar surface area (TPSA) is 104 Å². The zero-order chi connectivity index (χ0) is 30.3. The molecule has 3 aromatic carbocycles. The van der Waals surface area contributed by atoms with E-state index in [1.807, 2.05) is 75.5 Å². The molecule has 0 radical (unpaired) electrons. The summed E-state index contributed by atoms with van der Waals surface area (Å²) >= 11 is 0. The number of likely N-dealkylation sites (N-methyl/N-ethyl adjacent to an activating group) is 1. The second kappa shape index (κ2) is 13.5. The molecule has 0 saturated heterocycles. The number of ether oxygens (including phenoxy) is 2. The van der Waals surface area contributed by atoms with Crippen LogP contribution >= 0.6 is 0 Å². The molecule has 4 aromatic rings. The molecule has 1 aliphatic rings. The van der Waals surface area contributed by atoms with Gasteiger partial charge in [0.1, 0.15) is 17.6 Å². The number of fused-ring (bicyclic) bond motifs is 1. The second-order valence-electron chi connectivity index (χ2n) is 10.8. The quantitative estimate of drug-likeness (QED) is 0.265. The number of amides is 2. The van der Waals surface area contributed by atoms with Gasteiger partial charge in [0.25, 0.3) is 11.8 Å². The number of aliphatic hydroxyl groups is 1. The van der Waals surface area contributed by atoms with Gasteiger partial charge in [-0.05, 0) is 75.0 Å². The Morgan fingerprint density at radius 1 is 1.02 bits per heavy atom. The van der Waals surface area contributed by atoms with Gasteiger partial charge < -0.3 is 24.8 Å². The first-order valence-electron chi connectivity index (χ1n) is 14.3. The third-order valence-corrected chi connectivity index (χ3v) is 7.50. The minimum Gasteiger partial charge on any atom is -0.484 e. The summed E-state index contributed by atoms with van der Waals surface area (Å²) in [7, 11) is 2.00. The molecule has 1 aromatic heterocycles. The Kier molecular flexibility index (Phi) is 9.34. The highest BCUT2D eigenvalue weighted by molar-refractivity contribution is 6.07. The van der Waals surface area contributed by atoms with Crippen LogP contribution < -0.4 is 14.8 Å². The van der Waals surface area contributed by atoms with Crippen LogP contribution in [0.1, 0.15) is 40.1 Å². The summed E-state index contributed by atoms with van der Waals surface area (Å²) < 4.78 is 12.5. The van der Waals surface area contributed by atoms with Gasteiger partial charge in [-0.1, -0.05) is 36.4 Å². The zero-order valence-corrected chi connectivity index (χ0v) is 24.5. The van der Waals surface area contributed by atoms with Crippen LogP contribution in [0.4, 0.5) is 5.69 Å². The van der Waals surface area contributed by atoms with Crippen molar-refractivity contribution < 1.29 is 24.2 Å². The van der Waals surface area contributed by atoms with Crippen molar-refractivity contribution >= 4 is 17.5 Å². The van der Waals surface area contributed by atoms with Crippen LogP contribution in [0.2, 0.25) is 0 Å². The minimum absolute atomic E-state index is 0.191. The van der Waals surface area contributed by atoms with E-state index in [0.717, 1.165) is 17.1 Å². The fourth-order valence-electron chi connectivity index (χ4n) is 5.23. The van der Waals surface area contributed by atoms with Gasteiger partial charge >= 0.3 is 0 Å². The summed E-state index contributed by atoms with van der Waals surface area (Å²) in [5.74, 6) is 1.25. The maximum absolute atomic E-state index is 13.8. The van der Waals surface area contributed by atoms with Crippen LogP contribution in [0.3, 0.4) is 0 Å². The molecule has 0 saturated carbocycles. The maximum Gasteiger partial charge on any atom is 0.258 e. The van der Waals surface area contributed by atoms with Crippen molar-refractivity contribution in [2.24, 2.45) is 0 Å². The Morgan fingerprint density at radius 2 is 1.72 bits per heavy atom. The predicted octanol–water partition coefficient (Wildman–Crippen LogP) is 5.23. The summed E-state index contributed by atoms with van der Waals surface area (Å²) in [6.45, 7) is 4.67. The number of carbonyl (C=O) groups excluding carboxylic acids is 2. The van der Waals surface area contributed by atoms with Crippen molar-refractivity contribution in [3.8, 4) is 17.2 Å². The van der Waals surface area contributed by atoms with Crippen LogP contribution in [-0.2, 0) is 6.54 Å².